The summed E-state index contributed by atoms with van der Waals surface area (Å²) in [5.41, 5.74) is 1.78. The minimum absolute atomic E-state index is 0.0561. The Morgan fingerprint density at radius 1 is 0.872 bits per heavy atom. The van der Waals surface area contributed by atoms with Gasteiger partial charge in [0.25, 0.3) is 0 Å². The van der Waals surface area contributed by atoms with Crippen molar-refractivity contribution in [3.63, 3.8) is 0 Å². The molecule has 0 unspecified atom stereocenters. The first kappa shape index (κ1) is 34.1. The zero-order valence-electron chi connectivity index (χ0n) is 28.1. The number of aromatic nitrogens is 3. The minimum atomic E-state index is -1.06. The third-order valence-corrected chi connectivity index (χ3v) is 8.49. The first-order valence-electron chi connectivity index (χ1n) is 16.4. The molecule has 0 aliphatic carbocycles. The maximum absolute atomic E-state index is 12.8. The van der Waals surface area contributed by atoms with Gasteiger partial charge in [-0.3, -0.25) is 9.59 Å². The maximum Gasteiger partial charge on any atom is 0.320 e. The van der Waals surface area contributed by atoms with Crippen LogP contribution in [0.5, 0.6) is 0 Å². The Bertz CT molecular complexity index is 1570. The van der Waals surface area contributed by atoms with Gasteiger partial charge in [-0.25, -0.2) is 9.50 Å². The van der Waals surface area contributed by atoms with Crippen molar-refractivity contribution in [1.82, 2.24) is 19.5 Å². The molecule has 10 nitrogen and oxygen atoms in total. The molecule has 2 aromatic carbocycles. The van der Waals surface area contributed by atoms with E-state index in [1.807, 2.05) is 24.3 Å². The summed E-state index contributed by atoms with van der Waals surface area (Å²) in [4.78, 5) is 31.9. The lowest BCUT2D eigenvalue weighted by molar-refractivity contribution is -0.176. The SMILES string of the molecule is CC(C)(C)C(=O)OCOC(=O)C(C)(C)c1cn2nc(NCCCN3CCC(OC(c4ccccc4)c4ccccc4)CC3)ccc2n1. The molecule has 250 valence electrons. The fourth-order valence-corrected chi connectivity index (χ4v) is 5.50. The second-order valence-electron chi connectivity index (χ2n) is 13.7. The van der Waals surface area contributed by atoms with Crippen LogP contribution in [-0.4, -0.2) is 70.5 Å². The molecule has 10 heteroatoms. The molecular weight excluding hydrogens is 594 g/mol. The predicted octanol–water partition coefficient (Wildman–Crippen LogP) is 6.17. The van der Waals surface area contributed by atoms with Crippen LogP contribution in [0, 0.1) is 5.41 Å². The van der Waals surface area contributed by atoms with Gasteiger partial charge in [0.05, 0.1) is 23.4 Å². The van der Waals surface area contributed by atoms with E-state index >= 15 is 0 Å². The summed E-state index contributed by atoms with van der Waals surface area (Å²) >= 11 is 0. The van der Waals surface area contributed by atoms with E-state index in [4.69, 9.17) is 14.2 Å². The van der Waals surface area contributed by atoms with Gasteiger partial charge in [-0.05, 0) is 83.7 Å². The summed E-state index contributed by atoms with van der Waals surface area (Å²) in [6.45, 7) is 12.0. The molecule has 0 spiro atoms. The molecule has 5 rings (SSSR count). The molecule has 0 atom stereocenters. The van der Waals surface area contributed by atoms with E-state index in [1.54, 1.807) is 45.3 Å². The molecule has 0 amide bonds. The van der Waals surface area contributed by atoms with Crippen molar-refractivity contribution in [3.05, 3.63) is 95.8 Å². The number of fused-ring (bicyclic) bond motifs is 1. The monoisotopic (exact) mass is 641 g/mol. The van der Waals surface area contributed by atoms with E-state index in [2.05, 4.69) is 68.8 Å². The second-order valence-corrected chi connectivity index (χ2v) is 13.7. The number of nitrogens with one attached hydrogen (secondary N) is 1. The van der Waals surface area contributed by atoms with E-state index < -0.39 is 29.6 Å². The van der Waals surface area contributed by atoms with Crippen molar-refractivity contribution in [1.29, 1.82) is 0 Å². The molecule has 2 aromatic heterocycles. The summed E-state index contributed by atoms with van der Waals surface area (Å²) in [6.07, 6.45) is 4.90. The number of ether oxygens (including phenoxy) is 3. The van der Waals surface area contributed by atoms with Crippen LogP contribution in [0.2, 0.25) is 0 Å². The van der Waals surface area contributed by atoms with Crippen LogP contribution in [-0.2, 0) is 29.2 Å². The van der Waals surface area contributed by atoms with E-state index in [-0.39, 0.29) is 12.2 Å². The number of nitrogens with zero attached hydrogens (tertiary/aromatic N) is 4. The number of likely N-dealkylation sites (tertiary alicyclic amines) is 1. The smallest absolute Gasteiger partial charge is 0.320 e. The summed E-state index contributed by atoms with van der Waals surface area (Å²) in [5.74, 6) is -0.245. The van der Waals surface area contributed by atoms with Crippen molar-refractivity contribution in [2.75, 3.05) is 38.3 Å². The van der Waals surface area contributed by atoms with Crippen molar-refractivity contribution in [3.8, 4) is 0 Å². The van der Waals surface area contributed by atoms with Crippen LogP contribution >= 0.6 is 0 Å². The van der Waals surface area contributed by atoms with Gasteiger partial charge in [-0.2, -0.15) is 0 Å². The van der Waals surface area contributed by atoms with Gasteiger partial charge in [0, 0.05) is 19.6 Å². The Kier molecular flexibility index (Phi) is 10.9. The van der Waals surface area contributed by atoms with E-state index in [0.29, 0.717) is 11.3 Å². The number of benzene rings is 2. The summed E-state index contributed by atoms with van der Waals surface area (Å²) < 4.78 is 18.7. The number of carbonyl (C=O) groups excluding carboxylic acids is 2. The highest BCUT2D eigenvalue weighted by molar-refractivity contribution is 5.82. The highest BCUT2D eigenvalue weighted by Gasteiger charge is 2.35. The number of imidazole rings is 1. The van der Waals surface area contributed by atoms with Gasteiger partial charge in [0.15, 0.2) is 5.65 Å². The molecule has 1 aliphatic rings. The number of piperidine rings is 1. The Balaban J connectivity index is 1.06. The highest BCUT2D eigenvalue weighted by Crippen LogP contribution is 2.30. The fraction of sp³-hybridized carbons (Fsp3) is 0.459. The zero-order valence-corrected chi connectivity index (χ0v) is 28.1. The Labute approximate surface area is 277 Å². The van der Waals surface area contributed by atoms with E-state index in [1.165, 1.54) is 11.1 Å². The summed E-state index contributed by atoms with van der Waals surface area (Å²) in [7, 11) is 0. The molecular formula is C37H47N5O5. The molecule has 0 radical (unpaired) electrons. The molecule has 1 N–H and O–H groups in total. The largest absolute Gasteiger partial charge is 0.427 e. The molecule has 4 aromatic rings. The summed E-state index contributed by atoms with van der Waals surface area (Å²) in [6, 6.07) is 24.7. The van der Waals surface area contributed by atoms with Crippen molar-refractivity contribution >= 4 is 23.4 Å². The number of hydrogen-bond donors (Lipinski definition) is 1. The maximum atomic E-state index is 12.8. The average Bonchev–Trinajstić information content (AvgIpc) is 3.51. The van der Waals surface area contributed by atoms with Crippen LogP contribution in [0.1, 0.15) is 76.8 Å². The minimum Gasteiger partial charge on any atom is -0.427 e. The lowest BCUT2D eigenvalue weighted by Gasteiger charge is -2.34. The van der Waals surface area contributed by atoms with Gasteiger partial charge in [0.2, 0.25) is 6.79 Å². The quantitative estimate of drug-likeness (QED) is 0.104. The molecule has 3 heterocycles. The molecule has 1 fully saturated rings. The third-order valence-electron chi connectivity index (χ3n) is 8.49. The predicted molar refractivity (Wildman–Crippen MR) is 181 cm³/mol. The van der Waals surface area contributed by atoms with Gasteiger partial charge in [0.1, 0.15) is 17.3 Å². The second kappa shape index (κ2) is 15.1. The van der Waals surface area contributed by atoms with E-state index in [9.17, 15) is 9.59 Å². The van der Waals surface area contributed by atoms with Crippen LogP contribution in [0.3, 0.4) is 0 Å². The third kappa shape index (κ3) is 8.96. The molecule has 0 bridgehead atoms. The molecule has 47 heavy (non-hydrogen) atoms. The Hall–Kier alpha value is -4.28. The van der Waals surface area contributed by atoms with Gasteiger partial charge >= 0.3 is 11.9 Å². The number of anilines is 1. The Morgan fingerprint density at radius 2 is 1.49 bits per heavy atom. The zero-order chi connectivity index (χ0) is 33.4. The summed E-state index contributed by atoms with van der Waals surface area (Å²) in [5, 5.41) is 8.06. The molecule has 1 aliphatic heterocycles. The van der Waals surface area contributed by atoms with Crippen LogP contribution in [0.25, 0.3) is 5.65 Å². The normalized spacial score (nSPS) is 14.8. The van der Waals surface area contributed by atoms with Crippen LogP contribution in [0.4, 0.5) is 5.82 Å². The topological polar surface area (TPSA) is 107 Å². The Morgan fingerprint density at radius 3 is 2.11 bits per heavy atom. The van der Waals surface area contributed by atoms with Crippen molar-refractivity contribution < 1.29 is 23.8 Å². The lowest BCUT2D eigenvalue weighted by atomic mass is 9.90. The fourth-order valence-electron chi connectivity index (χ4n) is 5.50. The number of esters is 2. The van der Waals surface area contributed by atoms with Gasteiger partial charge < -0.3 is 24.4 Å². The molecule has 0 saturated carbocycles. The number of rotatable bonds is 13. The molecule has 1 saturated heterocycles. The van der Waals surface area contributed by atoms with Crippen LogP contribution < -0.4 is 5.32 Å². The number of hydrogen-bond acceptors (Lipinski definition) is 9. The van der Waals surface area contributed by atoms with Gasteiger partial charge in [-0.1, -0.05) is 60.7 Å². The van der Waals surface area contributed by atoms with Crippen LogP contribution in [0.15, 0.2) is 79.0 Å². The van der Waals surface area contributed by atoms with Crippen molar-refractivity contribution in [2.24, 2.45) is 5.41 Å². The number of carbonyl (C=O) groups is 2. The average molecular weight is 642 g/mol. The first-order valence-corrected chi connectivity index (χ1v) is 16.4. The van der Waals surface area contributed by atoms with Crippen molar-refractivity contribution in [2.45, 2.75) is 71.5 Å². The van der Waals surface area contributed by atoms with Gasteiger partial charge in [-0.15, -0.1) is 5.10 Å². The highest BCUT2D eigenvalue weighted by atomic mass is 16.7. The first-order chi connectivity index (χ1) is 22.5. The lowest BCUT2D eigenvalue weighted by Crippen LogP contribution is -2.38. The standard InChI is InChI=1S/C37H47N5O5/c1-36(2,3)34(43)45-26-46-35(44)37(4,5)30-25-42-32(39-30)18-17-31(40-42)38-21-12-22-41-23-19-29(20-24-41)47-33(27-13-8-6-9-14-27)28-15-10-7-11-16-28/h6-11,13-18,25,29,33H,12,19-24,26H2,1-5H3,(H,38,40). The van der Waals surface area contributed by atoms with E-state index in [0.717, 1.165) is 51.3 Å².